The van der Waals surface area contributed by atoms with Crippen molar-refractivity contribution in [1.29, 1.82) is 0 Å². The maximum atomic E-state index is 12.7. The van der Waals surface area contributed by atoms with Gasteiger partial charge in [0.1, 0.15) is 6.10 Å². The van der Waals surface area contributed by atoms with Gasteiger partial charge in [-0.05, 0) is 18.9 Å². The molecule has 0 bridgehead atoms. The van der Waals surface area contributed by atoms with Crippen molar-refractivity contribution in [3.05, 3.63) is 23.4 Å². The standard InChI is InChI=1S/C17H24ClN3O4S/c1-26(23,24)21-10-4-13(5-11-21)17(22)20-8-6-15(7-9-20)25-16-3-2-14(18)12-19-16/h2-3,12-13,15H,4-11H2,1H3. The molecule has 1 amide bonds. The van der Waals surface area contributed by atoms with E-state index in [9.17, 15) is 13.2 Å². The summed E-state index contributed by atoms with van der Waals surface area (Å²) in [6.07, 6.45) is 5.53. The van der Waals surface area contributed by atoms with Crippen molar-refractivity contribution >= 4 is 27.5 Å². The quantitative estimate of drug-likeness (QED) is 0.768. The Morgan fingerprint density at radius 3 is 2.35 bits per heavy atom. The Labute approximate surface area is 159 Å². The van der Waals surface area contributed by atoms with Gasteiger partial charge in [-0.3, -0.25) is 4.79 Å². The number of halogens is 1. The van der Waals surface area contributed by atoms with E-state index >= 15 is 0 Å². The molecule has 1 aromatic heterocycles. The summed E-state index contributed by atoms with van der Waals surface area (Å²) in [5.74, 6) is 0.608. The van der Waals surface area contributed by atoms with E-state index in [2.05, 4.69) is 4.98 Å². The first-order valence-electron chi connectivity index (χ1n) is 8.85. The molecule has 144 valence electrons. The summed E-state index contributed by atoms with van der Waals surface area (Å²) in [6.45, 7) is 2.17. The van der Waals surface area contributed by atoms with Crippen LogP contribution in [-0.4, -0.2) is 67.1 Å². The molecular weight excluding hydrogens is 378 g/mol. The number of likely N-dealkylation sites (tertiary alicyclic amines) is 1. The summed E-state index contributed by atoms with van der Waals surface area (Å²) >= 11 is 5.82. The summed E-state index contributed by atoms with van der Waals surface area (Å²) in [5.41, 5.74) is 0. The molecule has 1 aromatic rings. The second-order valence-electron chi connectivity index (χ2n) is 6.89. The number of hydrogen-bond donors (Lipinski definition) is 0. The number of ether oxygens (including phenoxy) is 1. The van der Waals surface area contributed by atoms with Crippen LogP contribution in [0, 0.1) is 5.92 Å². The van der Waals surface area contributed by atoms with Crippen molar-refractivity contribution in [2.45, 2.75) is 31.8 Å². The number of amides is 1. The van der Waals surface area contributed by atoms with Crippen molar-refractivity contribution in [2.75, 3.05) is 32.4 Å². The van der Waals surface area contributed by atoms with Gasteiger partial charge in [0, 0.05) is 57.2 Å². The van der Waals surface area contributed by atoms with Crippen LogP contribution in [0.2, 0.25) is 5.02 Å². The summed E-state index contributed by atoms with van der Waals surface area (Å²) in [6, 6.07) is 3.49. The van der Waals surface area contributed by atoms with Crippen LogP contribution >= 0.6 is 11.6 Å². The fourth-order valence-corrected chi connectivity index (χ4v) is 4.48. The lowest BCUT2D eigenvalue weighted by atomic mass is 9.95. The first kappa shape index (κ1) is 19.4. The van der Waals surface area contributed by atoms with E-state index < -0.39 is 10.0 Å². The Bertz CT molecular complexity index is 725. The highest BCUT2D eigenvalue weighted by Crippen LogP contribution is 2.24. The van der Waals surface area contributed by atoms with Gasteiger partial charge in [0.05, 0.1) is 11.3 Å². The first-order chi connectivity index (χ1) is 12.3. The van der Waals surface area contributed by atoms with Gasteiger partial charge < -0.3 is 9.64 Å². The average molecular weight is 402 g/mol. The fourth-order valence-electron chi connectivity index (χ4n) is 3.49. The SMILES string of the molecule is CS(=O)(=O)N1CCC(C(=O)N2CCC(Oc3ccc(Cl)cn3)CC2)CC1. The topological polar surface area (TPSA) is 79.8 Å². The summed E-state index contributed by atoms with van der Waals surface area (Å²) in [4.78, 5) is 18.7. The van der Waals surface area contributed by atoms with Gasteiger partial charge in [-0.2, -0.15) is 0 Å². The second-order valence-corrected chi connectivity index (χ2v) is 9.31. The molecule has 2 aliphatic heterocycles. The molecule has 3 rings (SSSR count). The number of pyridine rings is 1. The zero-order chi connectivity index (χ0) is 18.7. The number of carbonyl (C=O) groups excluding carboxylic acids is 1. The molecule has 26 heavy (non-hydrogen) atoms. The molecule has 0 saturated carbocycles. The number of nitrogens with zero attached hydrogens (tertiary/aromatic N) is 3. The Balaban J connectivity index is 1.46. The van der Waals surface area contributed by atoms with Crippen molar-refractivity contribution < 1.29 is 17.9 Å². The molecule has 2 aliphatic rings. The highest BCUT2D eigenvalue weighted by atomic mass is 35.5. The minimum Gasteiger partial charge on any atom is -0.474 e. The van der Waals surface area contributed by atoms with Crippen LogP contribution in [0.3, 0.4) is 0 Å². The molecule has 9 heteroatoms. The number of aromatic nitrogens is 1. The number of sulfonamides is 1. The van der Waals surface area contributed by atoms with Crippen LogP contribution in [-0.2, 0) is 14.8 Å². The molecule has 2 saturated heterocycles. The number of carbonyl (C=O) groups is 1. The monoisotopic (exact) mass is 401 g/mol. The van der Waals surface area contributed by atoms with Crippen LogP contribution in [0.5, 0.6) is 5.88 Å². The van der Waals surface area contributed by atoms with Crippen LogP contribution in [0.15, 0.2) is 18.3 Å². The second kappa shape index (κ2) is 8.10. The third kappa shape index (κ3) is 4.86. The number of hydrogen-bond acceptors (Lipinski definition) is 5. The van der Waals surface area contributed by atoms with E-state index in [1.54, 1.807) is 18.3 Å². The van der Waals surface area contributed by atoms with Crippen LogP contribution in [0.4, 0.5) is 0 Å². The van der Waals surface area contributed by atoms with Crippen LogP contribution in [0.25, 0.3) is 0 Å². The van der Waals surface area contributed by atoms with E-state index in [-0.39, 0.29) is 17.9 Å². The van der Waals surface area contributed by atoms with Crippen LogP contribution < -0.4 is 4.74 Å². The maximum absolute atomic E-state index is 12.7. The zero-order valence-corrected chi connectivity index (χ0v) is 16.4. The third-order valence-corrected chi connectivity index (χ3v) is 6.54. The lowest BCUT2D eigenvalue weighted by Crippen LogP contribution is -2.47. The highest BCUT2D eigenvalue weighted by Gasteiger charge is 2.33. The molecule has 7 nitrogen and oxygen atoms in total. The summed E-state index contributed by atoms with van der Waals surface area (Å²) in [7, 11) is -3.16. The van der Waals surface area contributed by atoms with Crippen molar-refractivity contribution in [3.63, 3.8) is 0 Å². The van der Waals surface area contributed by atoms with E-state index in [1.165, 1.54) is 10.6 Å². The molecule has 0 spiro atoms. The minimum absolute atomic E-state index is 0.0415. The number of piperidine rings is 2. The molecular formula is C17H24ClN3O4S. The number of rotatable bonds is 4. The van der Waals surface area contributed by atoms with E-state index in [1.807, 2.05) is 4.90 Å². The smallest absolute Gasteiger partial charge is 0.225 e. The normalized spacial score (nSPS) is 20.9. The van der Waals surface area contributed by atoms with E-state index in [4.69, 9.17) is 16.3 Å². The van der Waals surface area contributed by atoms with Gasteiger partial charge in [-0.15, -0.1) is 0 Å². The molecule has 0 radical (unpaired) electrons. The minimum atomic E-state index is -3.16. The first-order valence-corrected chi connectivity index (χ1v) is 11.1. The molecule has 0 aliphatic carbocycles. The molecule has 2 fully saturated rings. The van der Waals surface area contributed by atoms with Crippen LogP contribution in [0.1, 0.15) is 25.7 Å². The summed E-state index contributed by atoms with van der Waals surface area (Å²) in [5, 5.41) is 0.569. The third-order valence-electron chi connectivity index (χ3n) is 5.01. The van der Waals surface area contributed by atoms with E-state index in [0.29, 0.717) is 49.9 Å². The average Bonchev–Trinajstić information content (AvgIpc) is 2.63. The van der Waals surface area contributed by atoms with Gasteiger partial charge >= 0.3 is 0 Å². The van der Waals surface area contributed by atoms with Crippen molar-refractivity contribution in [1.82, 2.24) is 14.2 Å². The Hall–Kier alpha value is -1.38. The van der Waals surface area contributed by atoms with Gasteiger partial charge in [0.2, 0.25) is 21.8 Å². The predicted molar refractivity (Wildman–Crippen MR) is 98.6 cm³/mol. The maximum Gasteiger partial charge on any atom is 0.225 e. The van der Waals surface area contributed by atoms with Crippen molar-refractivity contribution in [3.8, 4) is 5.88 Å². The Morgan fingerprint density at radius 2 is 1.81 bits per heavy atom. The molecule has 0 atom stereocenters. The Morgan fingerprint density at radius 1 is 1.15 bits per heavy atom. The van der Waals surface area contributed by atoms with Gasteiger partial charge in [0.15, 0.2) is 0 Å². The van der Waals surface area contributed by atoms with Crippen molar-refractivity contribution in [2.24, 2.45) is 5.92 Å². The van der Waals surface area contributed by atoms with Gasteiger partial charge in [-0.1, -0.05) is 11.6 Å². The lowest BCUT2D eigenvalue weighted by Gasteiger charge is -2.36. The molecule has 0 unspecified atom stereocenters. The largest absolute Gasteiger partial charge is 0.474 e. The van der Waals surface area contributed by atoms with Gasteiger partial charge in [-0.25, -0.2) is 17.7 Å². The Kier molecular flexibility index (Phi) is 6.04. The molecule has 0 aromatic carbocycles. The molecule has 3 heterocycles. The zero-order valence-electron chi connectivity index (χ0n) is 14.8. The predicted octanol–water partition coefficient (Wildman–Crippen LogP) is 1.78. The lowest BCUT2D eigenvalue weighted by molar-refractivity contribution is -0.138. The highest BCUT2D eigenvalue weighted by molar-refractivity contribution is 7.88. The molecule has 0 N–H and O–H groups in total. The van der Waals surface area contributed by atoms with E-state index in [0.717, 1.165) is 12.8 Å². The fraction of sp³-hybridized carbons (Fsp3) is 0.647. The van der Waals surface area contributed by atoms with Gasteiger partial charge in [0.25, 0.3) is 0 Å². The summed E-state index contributed by atoms with van der Waals surface area (Å²) < 4.78 is 30.5.